The summed E-state index contributed by atoms with van der Waals surface area (Å²) in [6, 6.07) is 18.0. The average molecular weight is 521 g/mol. The zero-order valence-corrected chi connectivity index (χ0v) is 22.8. The standard InChI is InChI=1S/C32H37FO5/c1-7-22(18-30(34)35)23-10-9-11-25(17-23)38-20-21-12-14-26(27-19-24(36-5)13-15-29(27)33)28(16-21)31(37-6)32(3,4)8-2/h8-17,19,22,31H,2,7,18,20H2,1,3-6H3,(H,34,35)/t22-,31+/m0/s1. The van der Waals surface area contributed by atoms with Crippen LogP contribution in [-0.2, 0) is 16.1 Å². The Balaban J connectivity index is 1.99. The monoisotopic (exact) mass is 520 g/mol. The van der Waals surface area contributed by atoms with Gasteiger partial charge in [-0.05, 0) is 71.0 Å². The first kappa shape index (κ1) is 28.9. The van der Waals surface area contributed by atoms with Gasteiger partial charge >= 0.3 is 5.97 Å². The summed E-state index contributed by atoms with van der Waals surface area (Å²) >= 11 is 0. The van der Waals surface area contributed by atoms with Gasteiger partial charge in [0.2, 0.25) is 0 Å². The van der Waals surface area contributed by atoms with Gasteiger partial charge in [0.25, 0.3) is 0 Å². The van der Waals surface area contributed by atoms with E-state index in [1.165, 1.54) is 6.07 Å². The molecular formula is C32H37FO5. The molecule has 0 bridgehead atoms. The van der Waals surface area contributed by atoms with Gasteiger partial charge in [-0.2, -0.15) is 0 Å². The number of carbonyl (C=O) groups is 1. The number of halogens is 1. The van der Waals surface area contributed by atoms with Crippen LogP contribution in [0.15, 0.2) is 73.3 Å². The van der Waals surface area contributed by atoms with E-state index in [1.807, 2.05) is 69.3 Å². The first-order valence-electron chi connectivity index (χ1n) is 12.7. The minimum Gasteiger partial charge on any atom is -0.497 e. The number of hydrogen-bond donors (Lipinski definition) is 1. The molecule has 6 heteroatoms. The fourth-order valence-corrected chi connectivity index (χ4v) is 4.67. The number of rotatable bonds is 13. The van der Waals surface area contributed by atoms with Crippen LogP contribution in [0.3, 0.4) is 0 Å². The largest absolute Gasteiger partial charge is 0.497 e. The van der Waals surface area contributed by atoms with E-state index in [0.29, 0.717) is 22.6 Å². The van der Waals surface area contributed by atoms with Crippen molar-refractivity contribution in [1.29, 1.82) is 0 Å². The molecule has 0 aliphatic heterocycles. The second-order valence-corrected chi connectivity index (χ2v) is 9.97. The van der Waals surface area contributed by atoms with Crippen molar-refractivity contribution >= 4 is 5.97 Å². The minimum atomic E-state index is -0.821. The van der Waals surface area contributed by atoms with Gasteiger partial charge in [-0.3, -0.25) is 4.79 Å². The van der Waals surface area contributed by atoms with Gasteiger partial charge in [0, 0.05) is 18.1 Å². The lowest BCUT2D eigenvalue weighted by Gasteiger charge is -2.32. The van der Waals surface area contributed by atoms with Crippen LogP contribution in [0.4, 0.5) is 4.39 Å². The van der Waals surface area contributed by atoms with E-state index in [-0.39, 0.29) is 24.8 Å². The molecular weight excluding hydrogens is 483 g/mol. The fraction of sp³-hybridized carbons (Fsp3) is 0.344. The third-order valence-electron chi connectivity index (χ3n) is 6.95. The predicted molar refractivity (Wildman–Crippen MR) is 148 cm³/mol. The molecule has 0 aliphatic rings. The number of ether oxygens (including phenoxy) is 3. The molecule has 2 atom stereocenters. The molecule has 3 aromatic rings. The summed E-state index contributed by atoms with van der Waals surface area (Å²) in [5.41, 5.74) is 3.32. The van der Waals surface area contributed by atoms with E-state index in [0.717, 1.165) is 23.1 Å². The van der Waals surface area contributed by atoms with Crippen molar-refractivity contribution < 1.29 is 28.5 Å². The number of aliphatic carboxylic acids is 1. The summed E-state index contributed by atoms with van der Waals surface area (Å²) in [6.07, 6.45) is 2.23. The maximum absolute atomic E-state index is 15.0. The molecule has 0 heterocycles. The lowest BCUT2D eigenvalue weighted by molar-refractivity contribution is -0.137. The zero-order valence-electron chi connectivity index (χ0n) is 22.8. The molecule has 38 heavy (non-hydrogen) atoms. The summed E-state index contributed by atoms with van der Waals surface area (Å²) in [5, 5.41) is 9.24. The van der Waals surface area contributed by atoms with E-state index in [2.05, 4.69) is 6.58 Å². The molecule has 0 fully saturated rings. The van der Waals surface area contributed by atoms with Crippen LogP contribution < -0.4 is 9.47 Å². The van der Waals surface area contributed by atoms with Crippen LogP contribution in [0, 0.1) is 11.2 Å². The Labute approximate surface area is 224 Å². The number of methoxy groups -OCH3 is 2. The van der Waals surface area contributed by atoms with Crippen LogP contribution >= 0.6 is 0 Å². The van der Waals surface area contributed by atoms with Gasteiger partial charge in [0.15, 0.2) is 0 Å². The smallest absolute Gasteiger partial charge is 0.303 e. The highest BCUT2D eigenvalue weighted by atomic mass is 19.1. The molecule has 3 aromatic carbocycles. The Hall–Kier alpha value is -3.64. The third kappa shape index (κ3) is 6.81. The molecule has 5 nitrogen and oxygen atoms in total. The SMILES string of the molecule is C=CC(C)(C)[C@H](OC)c1cc(COc2cccc([C@@H](CC)CC(=O)O)c2)ccc1-c1cc(OC)ccc1F. The molecule has 0 aromatic heterocycles. The van der Waals surface area contributed by atoms with Crippen LogP contribution in [0.2, 0.25) is 0 Å². The maximum atomic E-state index is 15.0. The predicted octanol–water partition coefficient (Wildman–Crippen LogP) is 7.95. The molecule has 3 rings (SSSR count). The maximum Gasteiger partial charge on any atom is 0.303 e. The van der Waals surface area contributed by atoms with Crippen molar-refractivity contribution in [2.45, 2.75) is 52.2 Å². The van der Waals surface area contributed by atoms with Crippen molar-refractivity contribution in [1.82, 2.24) is 0 Å². The van der Waals surface area contributed by atoms with Gasteiger partial charge in [-0.15, -0.1) is 6.58 Å². The van der Waals surface area contributed by atoms with Crippen molar-refractivity contribution in [2.75, 3.05) is 14.2 Å². The zero-order chi connectivity index (χ0) is 27.9. The first-order chi connectivity index (χ1) is 18.1. The van der Waals surface area contributed by atoms with Crippen LogP contribution in [0.5, 0.6) is 11.5 Å². The van der Waals surface area contributed by atoms with E-state index < -0.39 is 17.5 Å². The van der Waals surface area contributed by atoms with E-state index in [4.69, 9.17) is 14.2 Å². The number of carboxylic acid groups (broad SMARTS) is 1. The quantitative estimate of drug-likeness (QED) is 0.232. The van der Waals surface area contributed by atoms with Gasteiger partial charge in [0.05, 0.1) is 19.6 Å². The van der Waals surface area contributed by atoms with Crippen molar-refractivity contribution in [2.24, 2.45) is 5.41 Å². The molecule has 0 unspecified atom stereocenters. The molecule has 0 saturated carbocycles. The van der Waals surface area contributed by atoms with E-state index in [9.17, 15) is 9.90 Å². The highest BCUT2D eigenvalue weighted by molar-refractivity contribution is 5.71. The molecule has 0 spiro atoms. The van der Waals surface area contributed by atoms with E-state index in [1.54, 1.807) is 26.4 Å². The minimum absolute atomic E-state index is 0.0725. The van der Waals surface area contributed by atoms with Gasteiger partial charge in [0.1, 0.15) is 23.9 Å². The van der Waals surface area contributed by atoms with Gasteiger partial charge in [-0.25, -0.2) is 4.39 Å². The molecule has 202 valence electrons. The van der Waals surface area contributed by atoms with Gasteiger partial charge < -0.3 is 19.3 Å². The second kappa shape index (κ2) is 12.7. The van der Waals surface area contributed by atoms with Crippen LogP contribution in [0.25, 0.3) is 11.1 Å². The summed E-state index contributed by atoms with van der Waals surface area (Å²) in [7, 11) is 3.19. The second-order valence-electron chi connectivity index (χ2n) is 9.97. The summed E-state index contributed by atoms with van der Waals surface area (Å²) < 4.78 is 32.4. The molecule has 0 aliphatic carbocycles. The lowest BCUT2D eigenvalue weighted by atomic mass is 9.79. The fourth-order valence-electron chi connectivity index (χ4n) is 4.67. The molecule has 1 N–H and O–H groups in total. The Kier molecular flexibility index (Phi) is 9.70. The number of carboxylic acids is 1. The van der Waals surface area contributed by atoms with Crippen molar-refractivity contribution in [3.8, 4) is 22.6 Å². The Morgan fingerprint density at radius 3 is 2.45 bits per heavy atom. The van der Waals surface area contributed by atoms with Crippen LogP contribution in [-0.4, -0.2) is 25.3 Å². The summed E-state index contributed by atoms with van der Waals surface area (Å²) in [4.78, 5) is 11.3. The summed E-state index contributed by atoms with van der Waals surface area (Å²) in [6.45, 7) is 10.3. The summed E-state index contributed by atoms with van der Waals surface area (Å²) in [5.74, 6) is -0.0388. The first-order valence-corrected chi connectivity index (χ1v) is 12.7. The van der Waals surface area contributed by atoms with Crippen molar-refractivity contribution in [3.05, 3.63) is 95.8 Å². The lowest BCUT2D eigenvalue weighted by Crippen LogP contribution is -2.22. The van der Waals surface area contributed by atoms with Crippen LogP contribution in [0.1, 0.15) is 62.3 Å². The molecule has 0 radical (unpaired) electrons. The molecule has 0 amide bonds. The Bertz CT molecular complexity index is 1270. The van der Waals surface area contributed by atoms with Crippen molar-refractivity contribution in [3.63, 3.8) is 0 Å². The Morgan fingerprint density at radius 2 is 1.82 bits per heavy atom. The topological polar surface area (TPSA) is 65.0 Å². The normalized spacial score (nSPS) is 13.0. The molecule has 0 saturated heterocycles. The van der Waals surface area contributed by atoms with E-state index >= 15 is 4.39 Å². The average Bonchev–Trinajstić information content (AvgIpc) is 2.91. The highest BCUT2D eigenvalue weighted by Gasteiger charge is 2.31. The number of benzene rings is 3. The van der Waals surface area contributed by atoms with Gasteiger partial charge in [-0.1, -0.05) is 51.1 Å². The third-order valence-corrected chi connectivity index (χ3v) is 6.95. The highest BCUT2D eigenvalue weighted by Crippen LogP contribution is 2.43. The Morgan fingerprint density at radius 1 is 1.05 bits per heavy atom. The number of hydrogen-bond acceptors (Lipinski definition) is 4.